The summed E-state index contributed by atoms with van der Waals surface area (Å²) in [5.74, 6) is -0.518. The third kappa shape index (κ3) is 4.24. The molecule has 0 radical (unpaired) electrons. The maximum absolute atomic E-state index is 12.5. The predicted octanol–water partition coefficient (Wildman–Crippen LogP) is 4.66. The number of fused-ring (bicyclic) bond motifs is 1. The van der Waals surface area contributed by atoms with Crippen LogP contribution in [0.4, 0.5) is 5.69 Å². The number of halogens is 1. The van der Waals surface area contributed by atoms with Crippen molar-refractivity contribution >= 4 is 46.1 Å². The Labute approximate surface area is 176 Å². The number of allylic oxidation sites excluding steroid dienone is 1. The number of anilines is 1. The summed E-state index contributed by atoms with van der Waals surface area (Å²) in [5, 5.41) is 3.17. The highest BCUT2D eigenvalue weighted by molar-refractivity contribution is 6.34. The maximum Gasteiger partial charge on any atom is 0.323 e. The molecular formula is C23H16ClN3O3. The molecule has 0 spiro atoms. The van der Waals surface area contributed by atoms with Gasteiger partial charge in [0.25, 0.3) is 5.91 Å². The van der Waals surface area contributed by atoms with Crippen molar-refractivity contribution in [1.29, 1.82) is 0 Å². The molecule has 0 aliphatic heterocycles. The Hall–Kier alpha value is -3.90. The molecule has 0 unspecified atom stereocenters. The lowest BCUT2D eigenvalue weighted by Gasteiger charge is -2.07. The van der Waals surface area contributed by atoms with Gasteiger partial charge in [-0.1, -0.05) is 41.9 Å². The number of imidazole rings is 1. The fourth-order valence-electron chi connectivity index (χ4n) is 3.02. The zero-order valence-electron chi connectivity index (χ0n) is 15.6. The summed E-state index contributed by atoms with van der Waals surface area (Å²) in [6.07, 6.45) is 3.11. The van der Waals surface area contributed by atoms with Crippen LogP contribution < -0.4 is 11.0 Å². The van der Waals surface area contributed by atoms with E-state index in [1.807, 2.05) is 6.07 Å². The number of carbonyl (C=O) groups excluding carboxylic acids is 2. The molecule has 30 heavy (non-hydrogen) atoms. The lowest BCUT2D eigenvalue weighted by Crippen LogP contribution is -2.12. The van der Waals surface area contributed by atoms with Crippen LogP contribution in [0.3, 0.4) is 0 Å². The van der Waals surface area contributed by atoms with Crippen LogP contribution in [0.5, 0.6) is 0 Å². The summed E-state index contributed by atoms with van der Waals surface area (Å²) in [4.78, 5) is 41.5. The number of ketones is 1. The number of H-pyrrole nitrogens is 2. The first-order valence-corrected chi connectivity index (χ1v) is 9.48. The van der Waals surface area contributed by atoms with Crippen LogP contribution >= 0.6 is 11.6 Å². The quantitative estimate of drug-likeness (QED) is 0.325. The Morgan fingerprint density at radius 1 is 0.900 bits per heavy atom. The second-order valence-electron chi connectivity index (χ2n) is 6.60. The summed E-state index contributed by atoms with van der Waals surface area (Å²) < 4.78 is 0. The van der Waals surface area contributed by atoms with Crippen molar-refractivity contribution in [3.8, 4) is 0 Å². The number of carbonyl (C=O) groups is 2. The SMILES string of the molecule is O=C(/C=C/c1cccc(NC(=O)c2ccccc2Cl)c1)c1ccc2[nH]c(=O)[nH]c2c1. The average Bonchev–Trinajstić information content (AvgIpc) is 3.11. The van der Waals surface area contributed by atoms with Gasteiger partial charge in [0.05, 0.1) is 21.6 Å². The van der Waals surface area contributed by atoms with E-state index >= 15 is 0 Å². The van der Waals surface area contributed by atoms with E-state index < -0.39 is 0 Å². The van der Waals surface area contributed by atoms with E-state index in [-0.39, 0.29) is 17.4 Å². The Balaban J connectivity index is 1.49. The monoisotopic (exact) mass is 417 g/mol. The van der Waals surface area contributed by atoms with Crippen LogP contribution in [0.15, 0.2) is 77.6 Å². The van der Waals surface area contributed by atoms with Gasteiger partial charge in [0.1, 0.15) is 0 Å². The van der Waals surface area contributed by atoms with E-state index in [9.17, 15) is 14.4 Å². The highest BCUT2D eigenvalue weighted by Crippen LogP contribution is 2.19. The number of amides is 1. The number of rotatable bonds is 5. The molecule has 0 saturated heterocycles. The maximum atomic E-state index is 12.5. The number of benzene rings is 3. The summed E-state index contributed by atoms with van der Waals surface area (Å²) in [5.41, 5.74) is 3.06. The fourth-order valence-corrected chi connectivity index (χ4v) is 3.24. The number of nitrogens with one attached hydrogen (secondary N) is 3. The van der Waals surface area contributed by atoms with E-state index in [1.165, 1.54) is 6.08 Å². The molecule has 1 aromatic heterocycles. The van der Waals surface area contributed by atoms with Crippen molar-refractivity contribution in [2.75, 3.05) is 5.32 Å². The van der Waals surface area contributed by atoms with Crippen molar-refractivity contribution in [2.45, 2.75) is 0 Å². The molecule has 1 amide bonds. The molecule has 7 heteroatoms. The van der Waals surface area contributed by atoms with Crippen molar-refractivity contribution < 1.29 is 9.59 Å². The standard InChI is InChI=1S/C23H16ClN3O3/c24-18-7-2-1-6-17(18)22(29)25-16-5-3-4-14(12-16)8-11-21(28)15-9-10-19-20(13-15)27-23(30)26-19/h1-13H,(H,25,29)(H2,26,27,30)/b11-8+. The second kappa shape index (κ2) is 8.23. The number of hydrogen-bond donors (Lipinski definition) is 3. The second-order valence-corrected chi connectivity index (χ2v) is 7.00. The van der Waals surface area contributed by atoms with Gasteiger partial charge >= 0.3 is 5.69 Å². The highest BCUT2D eigenvalue weighted by atomic mass is 35.5. The van der Waals surface area contributed by atoms with E-state index in [0.29, 0.717) is 32.9 Å². The molecule has 0 fully saturated rings. The zero-order valence-corrected chi connectivity index (χ0v) is 16.4. The molecule has 0 bridgehead atoms. The molecule has 0 saturated carbocycles. The Kier molecular flexibility index (Phi) is 5.32. The van der Waals surface area contributed by atoms with Gasteiger partial charge < -0.3 is 15.3 Å². The van der Waals surface area contributed by atoms with Gasteiger partial charge in [0.15, 0.2) is 5.78 Å². The van der Waals surface area contributed by atoms with Crippen molar-refractivity contribution in [2.24, 2.45) is 0 Å². The van der Waals surface area contributed by atoms with E-state index in [1.54, 1.807) is 66.7 Å². The van der Waals surface area contributed by atoms with Crippen LogP contribution in [0.1, 0.15) is 26.3 Å². The van der Waals surface area contributed by atoms with Crippen molar-refractivity contribution in [3.05, 3.63) is 105 Å². The summed E-state index contributed by atoms with van der Waals surface area (Å²) >= 11 is 6.07. The molecule has 3 N–H and O–H groups in total. The Bertz CT molecular complexity index is 1350. The minimum absolute atomic E-state index is 0.204. The molecule has 0 aliphatic rings. The predicted molar refractivity (Wildman–Crippen MR) is 118 cm³/mol. The average molecular weight is 418 g/mol. The largest absolute Gasteiger partial charge is 0.323 e. The van der Waals surface area contributed by atoms with Gasteiger partial charge in [-0.15, -0.1) is 0 Å². The summed E-state index contributed by atoms with van der Waals surface area (Å²) in [6.45, 7) is 0. The van der Waals surface area contributed by atoms with Crippen LogP contribution in [0.2, 0.25) is 5.02 Å². The Morgan fingerprint density at radius 2 is 1.70 bits per heavy atom. The molecule has 4 rings (SSSR count). The van der Waals surface area contributed by atoms with E-state index in [4.69, 9.17) is 11.6 Å². The van der Waals surface area contributed by atoms with Crippen LogP contribution in [0, 0.1) is 0 Å². The normalized spacial score (nSPS) is 11.1. The third-order valence-corrected chi connectivity index (χ3v) is 4.82. The minimum Gasteiger partial charge on any atom is -0.322 e. The molecule has 1 heterocycles. The topological polar surface area (TPSA) is 94.8 Å². The van der Waals surface area contributed by atoms with Gasteiger partial charge in [-0.3, -0.25) is 9.59 Å². The molecule has 4 aromatic rings. The molecule has 0 aliphatic carbocycles. The van der Waals surface area contributed by atoms with Crippen LogP contribution in [-0.4, -0.2) is 21.7 Å². The van der Waals surface area contributed by atoms with Crippen molar-refractivity contribution in [1.82, 2.24) is 9.97 Å². The lowest BCUT2D eigenvalue weighted by atomic mass is 10.1. The highest BCUT2D eigenvalue weighted by Gasteiger charge is 2.10. The smallest absolute Gasteiger partial charge is 0.322 e. The first-order chi connectivity index (χ1) is 14.5. The molecule has 148 valence electrons. The zero-order chi connectivity index (χ0) is 21.1. The summed E-state index contributed by atoms with van der Waals surface area (Å²) in [7, 11) is 0. The van der Waals surface area contributed by atoms with Gasteiger partial charge in [0, 0.05) is 11.3 Å². The van der Waals surface area contributed by atoms with Crippen molar-refractivity contribution in [3.63, 3.8) is 0 Å². The number of hydrogen-bond acceptors (Lipinski definition) is 3. The third-order valence-electron chi connectivity index (χ3n) is 4.49. The molecule has 6 nitrogen and oxygen atoms in total. The first-order valence-electron chi connectivity index (χ1n) is 9.10. The van der Waals surface area contributed by atoms with Gasteiger partial charge in [-0.2, -0.15) is 0 Å². The van der Waals surface area contributed by atoms with Crippen LogP contribution in [-0.2, 0) is 0 Å². The number of aromatic amines is 2. The minimum atomic E-state index is -0.319. The molecular weight excluding hydrogens is 402 g/mol. The molecule has 3 aromatic carbocycles. The summed E-state index contributed by atoms with van der Waals surface area (Å²) in [6, 6.07) is 18.9. The van der Waals surface area contributed by atoms with Gasteiger partial charge in [-0.25, -0.2) is 4.79 Å². The fraction of sp³-hybridized carbons (Fsp3) is 0. The van der Waals surface area contributed by atoms with Gasteiger partial charge in [-0.05, 0) is 54.1 Å². The molecule has 0 atom stereocenters. The van der Waals surface area contributed by atoms with Gasteiger partial charge in [0.2, 0.25) is 0 Å². The Morgan fingerprint density at radius 3 is 2.53 bits per heavy atom. The van der Waals surface area contributed by atoms with Crippen LogP contribution in [0.25, 0.3) is 17.1 Å². The van der Waals surface area contributed by atoms with E-state index in [2.05, 4.69) is 15.3 Å². The van der Waals surface area contributed by atoms with E-state index in [0.717, 1.165) is 5.56 Å². The first kappa shape index (κ1) is 19.4. The lowest BCUT2D eigenvalue weighted by molar-refractivity contribution is 0.102. The number of aromatic nitrogens is 2.